The Morgan fingerprint density at radius 1 is 1.47 bits per heavy atom. The molecule has 3 heteroatoms. The minimum absolute atomic E-state index is 0.00602. The lowest BCUT2D eigenvalue weighted by atomic mass is 9.73. The third-order valence-corrected chi connectivity index (χ3v) is 4.20. The van der Waals surface area contributed by atoms with E-state index in [1.807, 2.05) is 0 Å². The second kappa shape index (κ2) is 4.10. The smallest absolute Gasteiger partial charge is 0.405 e. The van der Waals surface area contributed by atoms with Crippen LogP contribution in [-0.2, 0) is 9.31 Å². The first-order chi connectivity index (χ1) is 7.05. The van der Waals surface area contributed by atoms with Crippen LogP contribution in [0.25, 0.3) is 0 Å². The third-order valence-electron chi connectivity index (χ3n) is 4.20. The van der Waals surface area contributed by atoms with Gasteiger partial charge >= 0.3 is 7.12 Å². The number of hydrogen-bond acceptors (Lipinski definition) is 2. The Hall–Kier alpha value is -0.0151. The highest BCUT2D eigenvalue weighted by Gasteiger charge is 2.50. The van der Waals surface area contributed by atoms with Gasteiger partial charge in [-0.1, -0.05) is 20.8 Å². The first-order valence-corrected chi connectivity index (χ1v) is 6.38. The summed E-state index contributed by atoms with van der Waals surface area (Å²) in [6.45, 7) is 9.00. The Kier molecular flexibility index (Phi) is 3.13. The summed E-state index contributed by atoms with van der Waals surface area (Å²) in [5.74, 6) is 1.60. The molecule has 1 aliphatic carbocycles. The van der Waals surface area contributed by atoms with Crippen LogP contribution in [-0.4, -0.2) is 18.8 Å². The molecule has 0 spiro atoms. The van der Waals surface area contributed by atoms with Gasteiger partial charge in [0.2, 0.25) is 0 Å². The maximum absolute atomic E-state index is 6.01. The number of fused-ring (bicyclic) bond motifs is 1. The van der Waals surface area contributed by atoms with Gasteiger partial charge in [0.15, 0.2) is 0 Å². The van der Waals surface area contributed by atoms with Gasteiger partial charge < -0.3 is 9.31 Å². The van der Waals surface area contributed by atoms with E-state index in [2.05, 4.69) is 27.7 Å². The molecule has 0 bridgehead atoms. The highest BCUT2D eigenvalue weighted by Crippen LogP contribution is 2.44. The van der Waals surface area contributed by atoms with Crippen molar-refractivity contribution in [2.75, 3.05) is 0 Å². The summed E-state index contributed by atoms with van der Waals surface area (Å²) in [5, 5.41) is 0. The SMILES string of the molecule is CCB1O[C@@H]2CC(C(C)C)CC[C@]2(C)O1. The molecule has 3 atom stereocenters. The molecule has 1 saturated heterocycles. The van der Waals surface area contributed by atoms with E-state index in [-0.39, 0.29) is 12.7 Å². The highest BCUT2D eigenvalue weighted by atomic mass is 16.7. The fourth-order valence-corrected chi connectivity index (χ4v) is 2.91. The minimum atomic E-state index is 0.00602. The van der Waals surface area contributed by atoms with E-state index in [1.54, 1.807) is 0 Å². The predicted octanol–water partition coefficient (Wildman–Crippen LogP) is 3.12. The predicted molar refractivity (Wildman–Crippen MR) is 62.8 cm³/mol. The monoisotopic (exact) mass is 210 g/mol. The summed E-state index contributed by atoms with van der Waals surface area (Å²) >= 11 is 0. The molecular formula is C12H23BO2. The van der Waals surface area contributed by atoms with Crippen LogP contribution in [0.1, 0.15) is 47.0 Å². The van der Waals surface area contributed by atoms with Crippen LogP contribution in [0.4, 0.5) is 0 Å². The molecular weight excluding hydrogens is 187 g/mol. The first-order valence-electron chi connectivity index (χ1n) is 6.38. The van der Waals surface area contributed by atoms with E-state index in [1.165, 1.54) is 12.8 Å². The van der Waals surface area contributed by atoms with E-state index in [0.29, 0.717) is 6.10 Å². The Labute approximate surface area is 93.9 Å². The quantitative estimate of drug-likeness (QED) is 0.652. The highest BCUT2D eigenvalue weighted by molar-refractivity contribution is 6.45. The Balaban J connectivity index is 2.02. The summed E-state index contributed by atoms with van der Waals surface area (Å²) in [7, 11) is 0.0471. The standard InChI is InChI=1S/C12H23BO2/c1-5-13-14-11-8-10(9(2)3)6-7-12(11,4)15-13/h9-11H,5-8H2,1-4H3/t10?,11-,12+/m1/s1. The van der Waals surface area contributed by atoms with Crippen molar-refractivity contribution >= 4 is 7.12 Å². The molecule has 1 saturated carbocycles. The molecule has 1 heterocycles. The van der Waals surface area contributed by atoms with Crippen molar-refractivity contribution in [3.63, 3.8) is 0 Å². The zero-order valence-corrected chi connectivity index (χ0v) is 10.5. The van der Waals surface area contributed by atoms with E-state index in [9.17, 15) is 0 Å². The van der Waals surface area contributed by atoms with E-state index >= 15 is 0 Å². The van der Waals surface area contributed by atoms with Gasteiger partial charge in [-0.05, 0) is 44.3 Å². The van der Waals surface area contributed by atoms with Crippen molar-refractivity contribution in [2.45, 2.75) is 65.0 Å². The Bertz CT molecular complexity index is 232. The summed E-state index contributed by atoms with van der Waals surface area (Å²) < 4.78 is 12.0. The molecule has 15 heavy (non-hydrogen) atoms. The lowest BCUT2D eigenvalue weighted by Crippen LogP contribution is -2.43. The molecule has 2 aliphatic rings. The van der Waals surface area contributed by atoms with Crippen molar-refractivity contribution in [1.29, 1.82) is 0 Å². The van der Waals surface area contributed by atoms with Crippen LogP contribution in [0.2, 0.25) is 6.32 Å². The summed E-state index contributed by atoms with van der Waals surface area (Å²) in [5.41, 5.74) is 0.00602. The topological polar surface area (TPSA) is 18.5 Å². The fourth-order valence-electron chi connectivity index (χ4n) is 2.91. The van der Waals surface area contributed by atoms with Crippen molar-refractivity contribution < 1.29 is 9.31 Å². The van der Waals surface area contributed by atoms with Gasteiger partial charge in [0.05, 0.1) is 11.7 Å². The van der Waals surface area contributed by atoms with Crippen LogP contribution in [0.15, 0.2) is 0 Å². The maximum Gasteiger partial charge on any atom is 0.457 e. The van der Waals surface area contributed by atoms with Crippen LogP contribution in [0.5, 0.6) is 0 Å². The van der Waals surface area contributed by atoms with Gasteiger partial charge in [0.25, 0.3) is 0 Å². The lowest BCUT2D eigenvalue weighted by molar-refractivity contribution is -0.00958. The average molecular weight is 210 g/mol. The van der Waals surface area contributed by atoms with Crippen molar-refractivity contribution in [1.82, 2.24) is 0 Å². The second-order valence-corrected chi connectivity index (χ2v) is 5.67. The molecule has 1 unspecified atom stereocenters. The average Bonchev–Trinajstić information content (AvgIpc) is 2.53. The molecule has 86 valence electrons. The zero-order chi connectivity index (χ0) is 11.1. The molecule has 2 rings (SSSR count). The van der Waals surface area contributed by atoms with Gasteiger partial charge in [-0.2, -0.15) is 0 Å². The van der Waals surface area contributed by atoms with Gasteiger partial charge in [-0.15, -0.1) is 0 Å². The van der Waals surface area contributed by atoms with E-state index in [4.69, 9.17) is 9.31 Å². The molecule has 0 aromatic carbocycles. The van der Waals surface area contributed by atoms with Crippen molar-refractivity contribution in [3.05, 3.63) is 0 Å². The van der Waals surface area contributed by atoms with Crippen LogP contribution >= 0.6 is 0 Å². The molecule has 0 amide bonds. The maximum atomic E-state index is 6.01. The van der Waals surface area contributed by atoms with Crippen LogP contribution < -0.4 is 0 Å². The third kappa shape index (κ3) is 2.09. The lowest BCUT2D eigenvalue weighted by Gasteiger charge is -2.39. The molecule has 2 fully saturated rings. The second-order valence-electron chi connectivity index (χ2n) is 5.67. The van der Waals surface area contributed by atoms with Crippen LogP contribution in [0, 0.1) is 11.8 Å². The summed E-state index contributed by atoms with van der Waals surface area (Å²) in [6, 6.07) is 0. The minimum Gasteiger partial charge on any atom is -0.405 e. The number of rotatable bonds is 2. The normalized spacial score (nSPS) is 41.0. The summed E-state index contributed by atoms with van der Waals surface area (Å²) in [6.07, 6.45) is 4.95. The Morgan fingerprint density at radius 3 is 2.80 bits per heavy atom. The fraction of sp³-hybridized carbons (Fsp3) is 1.00. The molecule has 2 nitrogen and oxygen atoms in total. The zero-order valence-electron chi connectivity index (χ0n) is 10.5. The summed E-state index contributed by atoms with van der Waals surface area (Å²) in [4.78, 5) is 0. The Morgan fingerprint density at radius 2 is 2.20 bits per heavy atom. The van der Waals surface area contributed by atoms with E-state index < -0.39 is 0 Å². The largest absolute Gasteiger partial charge is 0.457 e. The molecule has 0 aromatic rings. The first kappa shape index (κ1) is 11.5. The molecule has 0 radical (unpaired) electrons. The van der Waals surface area contributed by atoms with Gasteiger partial charge in [0.1, 0.15) is 0 Å². The van der Waals surface area contributed by atoms with E-state index in [0.717, 1.165) is 24.6 Å². The molecule has 1 aliphatic heterocycles. The molecule has 0 N–H and O–H groups in total. The van der Waals surface area contributed by atoms with Crippen LogP contribution in [0.3, 0.4) is 0 Å². The van der Waals surface area contributed by atoms with Gasteiger partial charge in [0, 0.05) is 0 Å². The van der Waals surface area contributed by atoms with Crippen molar-refractivity contribution in [2.24, 2.45) is 11.8 Å². The van der Waals surface area contributed by atoms with Gasteiger partial charge in [-0.3, -0.25) is 0 Å². The van der Waals surface area contributed by atoms with Gasteiger partial charge in [-0.25, -0.2) is 0 Å². The number of hydrogen-bond donors (Lipinski definition) is 0. The molecule has 0 aromatic heterocycles. The van der Waals surface area contributed by atoms with Crippen molar-refractivity contribution in [3.8, 4) is 0 Å².